The van der Waals surface area contributed by atoms with Crippen LogP contribution in [-0.4, -0.2) is 39.0 Å². The summed E-state index contributed by atoms with van der Waals surface area (Å²) in [4.78, 5) is 21.7. The molecule has 22 heavy (non-hydrogen) atoms. The van der Waals surface area contributed by atoms with E-state index in [-0.39, 0.29) is 0 Å². The lowest BCUT2D eigenvalue weighted by atomic mass is 10.1. The standard InChI is InChI=1S/C17H21N3O2/c1-12-14(15(17(21)22)20-10-6-3-7-11-20)19-16(18-12)13-8-4-2-5-9-13/h2,4-5,8-9,15H,3,6-7,10-11H2,1H3,(H,18,19)(H,21,22). The molecule has 0 spiro atoms. The van der Waals surface area contributed by atoms with Gasteiger partial charge in [-0.15, -0.1) is 0 Å². The summed E-state index contributed by atoms with van der Waals surface area (Å²) in [6.45, 7) is 3.54. The average Bonchev–Trinajstić information content (AvgIpc) is 2.91. The summed E-state index contributed by atoms with van der Waals surface area (Å²) < 4.78 is 0. The number of aliphatic carboxylic acids is 1. The number of H-pyrrole nitrogens is 1. The summed E-state index contributed by atoms with van der Waals surface area (Å²) in [5.74, 6) is -0.0903. The van der Waals surface area contributed by atoms with Crippen molar-refractivity contribution in [2.24, 2.45) is 0 Å². The van der Waals surface area contributed by atoms with Crippen molar-refractivity contribution in [2.75, 3.05) is 13.1 Å². The Balaban J connectivity index is 1.95. The third kappa shape index (κ3) is 2.90. The number of nitrogens with one attached hydrogen (secondary N) is 1. The topological polar surface area (TPSA) is 69.2 Å². The molecule has 0 bridgehead atoms. The van der Waals surface area contributed by atoms with Gasteiger partial charge in [0.05, 0.1) is 5.69 Å². The van der Waals surface area contributed by atoms with Crippen molar-refractivity contribution < 1.29 is 9.90 Å². The predicted octanol–water partition coefficient (Wildman–Crippen LogP) is 3.00. The molecule has 1 aromatic heterocycles. The molecular weight excluding hydrogens is 278 g/mol. The summed E-state index contributed by atoms with van der Waals surface area (Å²) in [7, 11) is 0. The van der Waals surface area contributed by atoms with E-state index in [1.807, 2.05) is 42.2 Å². The van der Waals surface area contributed by atoms with E-state index in [4.69, 9.17) is 0 Å². The summed E-state index contributed by atoms with van der Waals surface area (Å²) in [5, 5.41) is 9.69. The van der Waals surface area contributed by atoms with E-state index in [2.05, 4.69) is 9.97 Å². The fourth-order valence-corrected chi connectivity index (χ4v) is 3.10. The lowest BCUT2D eigenvalue weighted by Crippen LogP contribution is -2.38. The minimum atomic E-state index is -0.823. The molecule has 5 nitrogen and oxygen atoms in total. The first-order chi connectivity index (χ1) is 10.7. The Hall–Kier alpha value is -2.14. The van der Waals surface area contributed by atoms with E-state index < -0.39 is 12.0 Å². The highest BCUT2D eigenvalue weighted by Crippen LogP contribution is 2.28. The van der Waals surface area contributed by atoms with E-state index in [1.165, 1.54) is 6.42 Å². The van der Waals surface area contributed by atoms with Gasteiger partial charge >= 0.3 is 5.97 Å². The second-order valence-corrected chi connectivity index (χ2v) is 5.80. The van der Waals surface area contributed by atoms with Gasteiger partial charge in [0.15, 0.2) is 6.04 Å². The van der Waals surface area contributed by atoms with Gasteiger partial charge in [-0.3, -0.25) is 9.69 Å². The molecule has 0 radical (unpaired) electrons. The molecule has 0 saturated carbocycles. The van der Waals surface area contributed by atoms with Crippen LogP contribution in [0.1, 0.15) is 36.7 Å². The molecule has 1 saturated heterocycles. The molecule has 1 aromatic carbocycles. The molecule has 0 aliphatic carbocycles. The Morgan fingerprint density at radius 1 is 1.23 bits per heavy atom. The highest BCUT2D eigenvalue weighted by molar-refractivity contribution is 5.75. The Labute approximate surface area is 130 Å². The maximum Gasteiger partial charge on any atom is 0.327 e. The molecule has 116 valence electrons. The molecule has 2 heterocycles. The molecule has 5 heteroatoms. The van der Waals surface area contributed by atoms with Gasteiger partial charge in [-0.05, 0) is 32.9 Å². The molecule has 1 aliphatic rings. The van der Waals surface area contributed by atoms with E-state index in [9.17, 15) is 9.90 Å². The van der Waals surface area contributed by atoms with Crippen LogP contribution >= 0.6 is 0 Å². The molecule has 1 atom stereocenters. The van der Waals surface area contributed by atoms with Crippen LogP contribution in [0.3, 0.4) is 0 Å². The first kappa shape index (κ1) is 14.8. The predicted molar refractivity (Wildman–Crippen MR) is 84.6 cm³/mol. The summed E-state index contributed by atoms with van der Waals surface area (Å²) in [5.41, 5.74) is 2.43. The third-order valence-corrected chi connectivity index (χ3v) is 4.22. The molecule has 3 rings (SSSR count). The van der Waals surface area contributed by atoms with Crippen molar-refractivity contribution in [1.82, 2.24) is 14.9 Å². The number of benzene rings is 1. The van der Waals surface area contributed by atoms with Crippen LogP contribution in [0.25, 0.3) is 11.4 Å². The molecule has 1 aliphatic heterocycles. The Morgan fingerprint density at radius 3 is 2.55 bits per heavy atom. The van der Waals surface area contributed by atoms with E-state index in [0.717, 1.165) is 43.0 Å². The SMILES string of the molecule is Cc1[nH]c(-c2ccccc2)nc1C(C(=O)O)N1CCCCC1. The van der Waals surface area contributed by atoms with Gasteiger partial charge in [-0.1, -0.05) is 36.8 Å². The van der Waals surface area contributed by atoms with Crippen molar-refractivity contribution in [3.8, 4) is 11.4 Å². The number of imidazole rings is 1. The van der Waals surface area contributed by atoms with Crippen LogP contribution in [-0.2, 0) is 4.79 Å². The minimum absolute atomic E-state index is 0.633. The Kier molecular flexibility index (Phi) is 4.24. The number of aromatic amines is 1. The number of carboxylic acids is 1. The second-order valence-electron chi connectivity index (χ2n) is 5.80. The van der Waals surface area contributed by atoms with Gasteiger partial charge in [-0.25, -0.2) is 4.98 Å². The molecule has 1 fully saturated rings. The van der Waals surface area contributed by atoms with Crippen LogP contribution in [0, 0.1) is 6.92 Å². The van der Waals surface area contributed by atoms with Crippen LogP contribution in [0.2, 0.25) is 0 Å². The third-order valence-electron chi connectivity index (χ3n) is 4.22. The summed E-state index contributed by atoms with van der Waals surface area (Å²) >= 11 is 0. The van der Waals surface area contributed by atoms with Gasteiger partial charge in [0.2, 0.25) is 0 Å². The number of rotatable bonds is 4. The Morgan fingerprint density at radius 2 is 1.91 bits per heavy atom. The quantitative estimate of drug-likeness (QED) is 0.910. The molecular formula is C17H21N3O2. The van der Waals surface area contributed by atoms with Gasteiger partial charge in [0, 0.05) is 11.3 Å². The summed E-state index contributed by atoms with van der Waals surface area (Å²) in [6.07, 6.45) is 3.29. The molecule has 2 N–H and O–H groups in total. The lowest BCUT2D eigenvalue weighted by molar-refractivity contribution is -0.144. The number of nitrogens with zero attached hydrogens (tertiary/aromatic N) is 2. The fourth-order valence-electron chi connectivity index (χ4n) is 3.10. The number of piperidine rings is 1. The summed E-state index contributed by atoms with van der Waals surface area (Å²) in [6, 6.07) is 9.14. The van der Waals surface area contributed by atoms with E-state index in [1.54, 1.807) is 0 Å². The van der Waals surface area contributed by atoms with Crippen LogP contribution < -0.4 is 0 Å². The second kappa shape index (κ2) is 6.32. The zero-order valence-electron chi connectivity index (χ0n) is 12.7. The monoisotopic (exact) mass is 299 g/mol. The van der Waals surface area contributed by atoms with Gasteiger partial charge < -0.3 is 10.1 Å². The maximum absolute atomic E-state index is 11.8. The average molecular weight is 299 g/mol. The van der Waals surface area contributed by atoms with Crippen molar-refractivity contribution in [2.45, 2.75) is 32.2 Å². The fraction of sp³-hybridized carbons (Fsp3) is 0.412. The number of carbonyl (C=O) groups is 1. The van der Waals surface area contributed by atoms with Crippen LogP contribution in [0.4, 0.5) is 0 Å². The minimum Gasteiger partial charge on any atom is -0.480 e. The van der Waals surface area contributed by atoms with Gasteiger partial charge in [-0.2, -0.15) is 0 Å². The largest absolute Gasteiger partial charge is 0.480 e. The molecule has 2 aromatic rings. The van der Waals surface area contributed by atoms with Crippen LogP contribution in [0.5, 0.6) is 0 Å². The smallest absolute Gasteiger partial charge is 0.327 e. The zero-order chi connectivity index (χ0) is 15.5. The first-order valence-electron chi connectivity index (χ1n) is 7.75. The van der Waals surface area contributed by atoms with Gasteiger partial charge in [0.25, 0.3) is 0 Å². The normalized spacial score (nSPS) is 17.3. The number of aromatic nitrogens is 2. The van der Waals surface area contributed by atoms with Crippen molar-refractivity contribution in [3.63, 3.8) is 0 Å². The number of hydrogen-bond acceptors (Lipinski definition) is 3. The molecule has 1 unspecified atom stereocenters. The number of likely N-dealkylation sites (tertiary alicyclic amines) is 1. The highest BCUT2D eigenvalue weighted by Gasteiger charge is 2.32. The number of hydrogen-bond donors (Lipinski definition) is 2. The molecule has 0 amide bonds. The van der Waals surface area contributed by atoms with E-state index in [0.29, 0.717) is 5.69 Å². The Bertz CT molecular complexity index is 645. The highest BCUT2D eigenvalue weighted by atomic mass is 16.4. The van der Waals surface area contributed by atoms with E-state index >= 15 is 0 Å². The van der Waals surface area contributed by atoms with Crippen molar-refractivity contribution >= 4 is 5.97 Å². The lowest BCUT2D eigenvalue weighted by Gasteiger charge is -2.31. The van der Waals surface area contributed by atoms with Crippen molar-refractivity contribution in [1.29, 1.82) is 0 Å². The maximum atomic E-state index is 11.8. The zero-order valence-corrected chi connectivity index (χ0v) is 12.7. The first-order valence-corrected chi connectivity index (χ1v) is 7.75. The number of aryl methyl sites for hydroxylation is 1. The van der Waals surface area contributed by atoms with Crippen LogP contribution in [0.15, 0.2) is 30.3 Å². The number of carboxylic acid groups (broad SMARTS) is 1. The van der Waals surface area contributed by atoms with Gasteiger partial charge in [0.1, 0.15) is 5.82 Å². The van der Waals surface area contributed by atoms with Crippen molar-refractivity contribution in [3.05, 3.63) is 41.7 Å².